The highest BCUT2D eigenvalue weighted by molar-refractivity contribution is 6.09. The number of aliphatic imine (C=N–C) groups is 1. The second kappa shape index (κ2) is 6.75. The Hall–Kier alpha value is -2.55. The van der Waals surface area contributed by atoms with Gasteiger partial charge in [0.1, 0.15) is 11.6 Å². The smallest absolute Gasteiger partial charge is 0.131 e. The minimum atomic E-state index is -0.469. The van der Waals surface area contributed by atoms with Gasteiger partial charge in [0, 0.05) is 17.3 Å². The van der Waals surface area contributed by atoms with E-state index < -0.39 is 11.6 Å². The van der Waals surface area contributed by atoms with Gasteiger partial charge < -0.3 is 0 Å². The first kappa shape index (κ1) is 14.9. The zero-order valence-electron chi connectivity index (χ0n) is 11.7. The van der Waals surface area contributed by atoms with Crippen LogP contribution >= 0.6 is 0 Å². The maximum atomic E-state index is 13.8. The molecule has 0 fully saturated rings. The molecule has 3 heteroatoms. The Morgan fingerprint density at radius 2 is 1.95 bits per heavy atom. The van der Waals surface area contributed by atoms with Gasteiger partial charge in [0.15, 0.2) is 0 Å². The second-order valence-corrected chi connectivity index (χ2v) is 4.41. The molecular formula is C18H15F2N. The molecule has 0 saturated heterocycles. The topological polar surface area (TPSA) is 12.4 Å². The summed E-state index contributed by atoms with van der Waals surface area (Å²) in [6, 6.07) is 10.5. The quantitative estimate of drug-likeness (QED) is 0.689. The molecule has 0 amide bonds. The summed E-state index contributed by atoms with van der Waals surface area (Å²) in [5, 5.41) is 0. The van der Waals surface area contributed by atoms with Crippen LogP contribution in [0.4, 0.5) is 8.78 Å². The molecule has 0 aromatic heterocycles. The fraction of sp³-hybridized carbons (Fsp3) is 0.0556. The van der Waals surface area contributed by atoms with E-state index in [9.17, 15) is 8.78 Å². The molecule has 1 nitrogen and oxygen atoms in total. The maximum absolute atomic E-state index is 13.8. The Kier molecular flexibility index (Phi) is 4.77. The highest BCUT2D eigenvalue weighted by atomic mass is 19.1. The van der Waals surface area contributed by atoms with Crippen LogP contribution in [0, 0.1) is 11.6 Å². The van der Waals surface area contributed by atoms with E-state index in [0.29, 0.717) is 11.3 Å². The molecule has 2 rings (SSSR count). The molecule has 2 aromatic carbocycles. The minimum absolute atomic E-state index is 0.228. The fourth-order valence-corrected chi connectivity index (χ4v) is 1.96. The lowest BCUT2D eigenvalue weighted by Gasteiger charge is -2.07. The molecule has 0 atom stereocenters. The number of benzene rings is 2. The number of nitrogens with zero attached hydrogens (tertiary/aromatic N) is 1. The van der Waals surface area contributed by atoms with Crippen LogP contribution in [0.25, 0.3) is 11.1 Å². The third-order valence-electron chi connectivity index (χ3n) is 2.95. The van der Waals surface area contributed by atoms with Gasteiger partial charge >= 0.3 is 0 Å². The molecule has 0 unspecified atom stereocenters. The highest BCUT2D eigenvalue weighted by Gasteiger charge is 2.08. The van der Waals surface area contributed by atoms with Gasteiger partial charge in [-0.15, -0.1) is 0 Å². The van der Waals surface area contributed by atoms with Crippen molar-refractivity contribution in [2.75, 3.05) is 0 Å². The molecule has 0 N–H and O–H groups in total. The lowest BCUT2D eigenvalue weighted by atomic mass is 10.0. The fourth-order valence-electron chi connectivity index (χ4n) is 1.96. The van der Waals surface area contributed by atoms with Crippen molar-refractivity contribution in [3.05, 3.63) is 84.6 Å². The molecule has 0 heterocycles. The third kappa shape index (κ3) is 3.51. The summed E-state index contributed by atoms with van der Waals surface area (Å²) < 4.78 is 27.2. The Bertz CT molecular complexity index is 715. The summed E-state index contributed by atoms with van der Waals surface area (Å²) in [5.41, 5.74) is 2.29. The number of rotatable bonds is 4. The molecule has 0 aliphatic heterocycles. The first-order valence-electron chi connectivity index (χ1n) is 6.53. The van der Waals surface area contributed by atoms with E-state index in [1.165, 1.54) is 6.07 Å². The van der Waals surface area contributed by atoms with Crippen LogP contribution in [0.2, 0.25) is 0 Å². The normalized spacial score (nSPS) is 11.9. The van der Waals surface area contributed by atoms with Crippen LogP contribution < -0.4 is 0 Å². The van der Waals surface area contributed by atoms with Crippen LogP contribution in [0.3, 0.4) is 0 Å². The van der Waals surface area contributed by atoms with E-state index in [-0.39, 0.29) is 5.56 Å². The zero-order chi connectivity index (χ0) is 15.2. The van der Waals surface area contributed by atoms with Crippen LogP contribution in [0.1, 0.15) is 12.5 Å². The first-order chi connectivity index (χ1) is 10.2. The van der Waals surface area contributed by atoms with Crippen LogP contribution in [-0.4, -0.2) is 5.71 Å². The van der Waals surface area contributed by atoms with Gasteiger partial charge in [0.05, 0.1) is 5.71 Å². The molecule has 0 radical (unpaired) electrons. The Labute approximate surface area is 123 Å². The molecule has 0 aliphatic carbocycles. The Balaban J connectivity index is 2.51. The van der Waals surface area contributed by atoms with Crippen molar-refractivity contribution >= 4 is 5.71 Å². The largest absolute Gasteiger partial charge is 0.257 e. The van der Waals surface area contributed by atoms with Gasteiger partial charge in [0.25, 0.3) is 0 Å². The molecule has 0 bridgehead atoms. The zero-order valence-corrected chi connectivity index (χ0v) is 11.7. The van der Waals surface area contributed by atoms with Crippen molar-refractivity contribution in [3.8, 4) is 11.1 Å². The molecule has 106 valence electrons. The van der Waals surface area contributed by atoms with E-state index in [0.717, 1.165) is 17.7 Å². The maximum Gasteiger partial charge on any atom is 0.131 e. The Morgan fingerprint density at radius 1 is 1.14 bits per heavy atom. The number of hydrogen-bond donors (Lipinski definition) is 0. The van der Waals surface area contributed by atoms with Crippen molar-refractivity contribution < 1.29 is 8.78 Å². The molecule has 0 spiro atoms. The number of allylic oxidation sites excluding steroid dienone is 2. The Morgan fingerprint density at radius 3 is 2.67 bits per heavy atom. The highest BCUT2D eigenvalue weighted by Crippen LogP contribution is 2.25. The number of halogens is 2. The van der Waals surface area contributed by atoms with Crippen molar-refractivity contribution in [1.82, 2.24) is 0 Å². The van der Waals surface area contributed by atoms with E-state index in [1.807, 2.05) is 13.0 Å². The van der Waals surface area contributed by atoms with Gasteiger partial charge in [-0.25, -0.2) is 8.78 Å². The van der Waals surface area contributed by atoms with Gasteiger partial charge in [-0.3, -0.25) is 4.99 Å². The summed E-state index contributed by atoms with van der Waals surface area (Å²) in [6.45, 7) is 5.59. The van der Waals surface area contributed by atoms with Gasteiger partial charge in [-0.2, -0.15) is 0 Å². The minimum Gasteiger partial charge on any atom is -0.257 e. The van der Waals surface area contributed by atoms with E-state index in [4.69, 9.17) is 0 Å². The van der Waals surface area contributed by atoms with Gasteiger partial charge in [-0.1, -0.05) is 30.9 Å². The van der Waals surface area contributed by atoms with E-state index >= 15 is 0 Å². The molecular weight excluding hydrogens is 268 g/mol. The average molecular weight is 283 g/mol. The van der Waals surface area contributed by atoms with Crippen LogP contribution in [0.5, 0.6) is 0 Å². The summed E-state index contributed by atoms with van der Waals surface area (Å²) in [6.07, 6.45) is 5.09. The predicted octanol–water partition coefficient (Wildman–Crippen LogP) is 5.14. The monoisotopic (exact) mass is 283 g/mol. The van der Waals surface area contributed by atoms with Crippen molar-refractivity contribution in [2.24, 2.45) is 4.99 Å². The third-order valence-corrected chi connectivity index (χ3v) is 2.95. The molecule has 2 aromatic rings. The van der Waals surface area contributed by atoms with E-state index in [1.54, 1.807) is 36.6 Å². The SMILES string of the molecule is C=CC(=N/C=C/C)c1cccc(-c2cc(F)ccc2F)c1. The summed E-state index contributed by atoms with van der Waals surface area (Å²) in [5.74, 6) is -0.928. The van der Waals surface area contributed by atoms with Crippen molar-refractivity contribution in [2.45, 2.75) is 6.92 Å². The van der Waals surface area contributed by atoms with Crippen LogP contribution in [-0.2, 0) is 0 Å². The summed E-state index contributed by atoms with van der Waals surface area (Å²) in [7, 11) is 0. The molecule has 21 heavy (non-hydrogen) atoms. The molecule has 0 aliphatic rings. The predicted molar refractivity (Wildman–Crippen MR) is 83.3 cm³/mol. The first-order valence-corrected chi connectivity index (χ1v) is 6.53. The lowest BCUT2D eigenvalue weighted by molar-refractivity contribution is 0.603. The lowest BCUT2D eigenvalue weighted by Crippen LogP contribution is -1.96. The van der Waals surface area contributed by atoms with Crippen molar-refractivity contribution in [1.29, 1.82) is 0 Å². The standard InChI is InChI=1S/C18H15F2N/c1-3-10-21-18(4-2)14-7-5-6-13(11-14)16-12-15(19)8-9-17(16)20/h3-12H,2H2,1H3/b10-3+,21-18?. The van der Waals surface area contributed by atoms with Gasteiger partial charge in [-0.05, 0) is 42.8 Å². The second-order valence-electron chi connectivity index (χ2n) is 4.41. The van der Waals surface area contributed by atoms with Gasteiger partial charge in [0.2, 0.25) is 0 Å². The average Bonchev–Trinajstić information content (AvgIpc) is 2.51. The molecule has 0 saturated carbocycles. The van der Waals surface area contributed by atoms with E-state index in [2.05, 4.69) is 11.6 Å². The summed E-state index contributed by atoms with van der Waals surface area (Å²) in [4.78, 5) is 4.26. The van der Waals surface area contributed by atoms with Crippen molar-refractivity contribution in [3.63, 3.8) is 0 Å². The van der Waals surface area contributed by atoms with Crippen LogP contribution in [0.15, 0.2) is 72.4 Å². The summed E-state index contributed by atoms with van der Waals surface area (Å²) >= 11 is 0. The number of hydrogen-bond acceptors (Lipinski definition) is 1.